The van der Waals surface area contributed by atoms with E-state index < -0.39 is 0 Å². The van der Waals surface area contributed by atoms with Crippen molar-refractivity contribution in [3.63, 3.8) is 0 Å². The van der Waals surface area contributed by atoms with Crippen molar-refractivity contribution in [1.29, 1.82) is 0 Å². The number of nitrogens with two attached hydrogens (primary N) is 1. The molecule has 1 fully saturated rings. The molecule has 0 radical (unpaired) electrons. The fourth-order valence-corrected chi connectivity index (χ4v) is 3.19. The summed E-state index contributed by atoms with van der Waals surface area (Å²) in [7, 11) is 0. The summed E-state index contributed by atoms with van der Waals surface area (Å²) in [6.45, 7) is 5.18. The van der Waals surface area contributed by atoms with E-state index >= 15 is 0 Å². The van der Waals surface area contributed by atoms with Crippen molar-refractivity contribution in [2.24, 2.45) is 0 Å². The average Bonchev–Trinajstić information content (AvgIpc) is 2.72. The van der Waals surface area contributed by atoms with E-state index in [2.05, 4.69) is 24.0 Å². The molecule has 1 saturated heterocycles. The summed E-state index contributed by atoms with van der Waals surface area (Å²) in [5, 5.41) is 9.69. The van der Waals surface area contributed by atoms with Crippen LogP contribution in [0, 0.1) is 0 Å². The first-order chi connectivity index (χ1) is 8.72. The largest absolute Gasteiger partial charge is 0.370 e. The van der Waals surface area contributed by atoms with Crippen LogP contribution in [-0.4, -0.2) is 26.7 Å². The highest BCUT2D eigenvalue weighted by Gasteiger charge is 2.23. The predicted molar refractivity (Wildman–Crippen MR) is 72.9 cm³/mol. The molecule has 0 bridgehead atoms. The maximum absolute atomic E-state index is 6.07. The predicted octanol–water partition coefficient (Wildman–Crippen LogP) is 2.51. The van der Waals surface area contributed by atoms with E-state index in [9.17, 15) is 0 Å². The first-order valence-electron chi connectivity index (χ1n) is 6.71. The molecule has 0 amide bonds. The van der Waals surface area contributed by atoms with E-state index in [0.29, 0.717) is 5.25 Å². The Hall–Kier alpha value is -0.750. The molecule has 18 heavy (non-hydrogen) atoms. The van der Waals surface area contributed by atoms with Gasteiger partial charge in [0.1, 0.15) is 6.10 Å². The fourth-order valence-electron chi connectivity index (χ4n) is 2.18. The van der Waals surface area contributed by atoms with E-state index in [4.69, 9.17) is 10.6 Å². The molecule has 2 N–H and O–H groups in total. The summed E-state index contributed by atoms with van der Waals surface area (Å²) in [4.78, 5) is 0. The van der Waals surface area contributed by atoms with Crippen molar-refractivity contribution in [1.82, 2.24) is 14.9 Å². The second-order valence-corrected chi connectivity index (χ2v) is 6.19. The van der Waals surface area contributed by atoms with Crippen LogP contribution in [0.5, 0.6) is 0 Å². The smallest absolute Gasteiger partial charge is 0.210 e. The van der Waals surface area contributed by atoms with Crippen LogP contribution in [0.2, 0.25) is 0 Å². The van der Waals surface area contributed by atoms with Crippen molar-refractivity contribution < 1.29 is 4.74 Å². The molecule has 6 heteroatoms. The van der Waals surface area contributed by atoms with Crippen molar-refractivity contribution in [3.8, 4) is 0 Å². The number of thioether (sulfide) groups is 1. The monoisotopic (exact) mass is 270 g/mol. The van der Waals surface area contributed by atoms with Crippen LogP contribution in [0.25, 0.3) is 0 Å². The van der Waals surface area contributed by atoms with E-state index in [1.165, 1.54) is 12.8 Å². The highest BCUT2D eigenvalue weighted by Crippen LogP contribution is 2.29. The maximum atomic E-state index is 6.07. The van der Waals surface area contributed by atoms with Gasteiger partial charge in [-0.05, 0) is 25.7 Å². The molecule has 1 aromatic heterocycles. The molecule has 102 valence electrons. The molecule has 1 aliphatic rings. The molecule has 2 heterocycles. The summed E-state index contributed by atoms with van der Waals surface area (Å²) >= 11 is 1.69. The number of nitrogen functional groups attached to an aromatic ring is 1. The molecule has 0 aromatic carbocycles. The Morgan fingerprint density at radius 1 is 1.50 bits per heavy atom. The van der Waals surface area contributed by atoms with Gasteiger partial charge < -0.3 is 10.6 Å². The third kappa shape index (κ3) is 3.17. The van der Waals surface area contributed by atoms with Crippen molar-refractivity contribution in [3.05, 3.63) is 5.82 Å². The number of rotatable bonds is 5. The number of nitrogens with zero attached hydrogens (tertiary/aromatic N) is 3. The molecular weight excluding hydrogens is 248 g/mol. The Bertz CT molecular complexity index is 376. The molecule has 0 spiro atoms. The molecule has 2 atom stereocenters. The lowest BCUT2D eigenvalue weighted by Gasteiger charge is -2.21. The highest BCUT2D eigenvalue weighted by atomic mass is 32.2. The number of hydrogen-bond acceptors (Lipinski definition) is 5. The minimum atomic E-state index is 0.0204. The van der Waals surface area contributed by atoms with Gasteiger partial charge in [-0.1, -0.05) is 32.0 Å². The van der Waals surface area contributed by atoms with Crippen LogP contribution in [0.3, 0.4) is 0 Å². The van der Waals surface area contributed by atoms with Gasteiger partial charge in [0, 0.05) is 11.9 Å². The Labute approximate surface area is 112 Å². The molecule has 0 saturated carbocycles. The SMILES string of the molecule is CCC[C@H](C)Sc1nnc([C@@H]2CCCCO2)n1N. The van der Waals surface area contributed by atoms with Crippen LogP contribution >= 0.6 is 11.8 Å². The van der Waals surface area contributed by atoms with Gasteiger partial charge in [-0.3, -0.25) is 0 Å². The Balaban J connectivity index is 2.03. The van der Waals surface area contributed by atoms with E-state index in [0.717, 1.165) is 36.9 Å². The topological polar surface area (TPSA) is 66.0 Å². The fraction of sp³-hybridized carbons (Fsp3) is 0.833. The van der Waals surface area contributed by atoms with Gasteiger partial charge in [0.15, 0.2) is 5.82 Å². The Morgan fingerprint density at radius 3 is 3.00 bits per heavy atom. The minimum absolute atomic E-state index is 0.0204. The zero-order chi connectivity index (χ0) is 13.0. The van der Waals surface area contributed by atoms with Gasteiger partial charge in [0.05, 0.1) is 0 Å². The third-order valence-corrected chi connectivity index (χ3v) is 4.29. The lowest BCUT2D eigenvalue weighted by Crippen LogP contribution is -2.21. The van der Waals surface area contributed by atoms with Crippen molar-refractivity contribution >= 4 is 11.8 Å². The Kier molecular flexibility index (Phi) is 4.88. The Morgan fingerprint density at radius 2 is 2.33 bits per heavy atom. The number of hydrogen-bond donors (Lipinski definition) is 1. The molecule has 0 unspecified atom stereocenters. The first-order valence-corrected chi connectivity index (χ1v) is 7.59. The van der Waals surface area contributed by atoms with Gasteiger partial charge >= 0.3 is 0 Å². The van der Waals surface area contributed by atoms with Gasteiger partial charge in [0.2, 0.25) is 5.16 Å². The minimum Gasteiger partial charge on any atom is -0.370 e. The number of aromatic nitrogens is 3. The average molecular weight is 270 g/mol. The van der Waals surface area contributed by atoms with Crippen LogP contribution in [0.15, 0.2) is 5.16 Å². The molecule has 1 aromatic rings. The highest BCUT2D eigenvalue weighted by molar-refractivity contribution is 7.99. The standard InChI is InChI=1S/C12H22N4OS/c1-3-6-9(2)18-12-15-14-11(16(12)13)10-7-4-5-8-17-10/h9-10H,3-8,13H2,1-2H3/t9-,10-/m0/s1. The second-order valence-electron chi connectivity index (χ2n) is 4.78. The lowest BCUT2D eigenvalue weighted by atomic mass is 10.1. The van der Waals surface area contributed by atoms with Crippen LogP contribution < -0.4 is 5.84 Å². The summed E-state index contributed by atoms with van der Waals surface area (Å²) in [6.07, 6.45) is 5.64. The van der Waals surface area contributed by atoms with Crippen molar-refractivity contribution in [2.75, 3.05) is 12.4 Å². The summed E-state index contributed by atoms with van der Waals surface area (Å²) in [5.74, 6) is 6.83. The van der Waals surface area contributed by atoms with Crippen LogP contribution in [-0.2, 0) is 4.74 Å². The second kappa shape index (κ2) is 6.43. The van der Waals surface area contributed by atoms with E-state index in [1.54, 1.807) is 16.4 Å². The van der Waals surface area contributed by atoms with Gasteiger partial charge in [0.25, 0.3) is 0 Å². The van der Waals surface area contributed by atoms with Crippen LogP contribution in [0.4, 0.5) is 0 Å². The lowest BCUT2D eigenvalue weighted by molar-refractivity contribution is 0.00780. The molecule has 2 rings (SSSR count). The van der Waals surface area contributed by atoms with Gasteiger partial charge in [-0.25, -0.2) is 4.68 Å². The van der Waals surface area contributed by atoms with E-state index in [1.807, 2.05) is 0 Å². The zero-order valence-electron chi connectivity index (χ0n) is 11.1. The van der Waals surface area contributed by atoms with Crippen molar-refractivity contribution in [2.45, 2.75) is 62.5 Å². The molecule has 5 nitrogen and oxygen atoms in total. The maximum Gasteiger partial charge on any atom is 0.210 e. The zero-order valence-corrected chi connectivity index (χ0v) is 11.9. The molecular formula is C12H22N4OS. The number of ether oxygens (including phenoxy) is 1. The summed E-state index contributed by atoms with van der Waals surface area (Å²) in [5.41, 5.74) is 0. The third-order valence-electron chi connectivity index (χ3n) is 3.16. The van der Waals surface area contributed by atoms with Gasteiger partial charge in [-0.15, -0.1) is 10.2 Å². The summed E-state index contributed by atoms with van der Waals surface area (Å²) in [6, 6.07) is 0. The molecule has 0 aliphatic carbocycles. The van der Waals surface area contributed by atoms with E-state index in [-0.39, 0.29) is 6.10 Å². The molecule has 1 aliphatic heterocycles. The van der Waals surface area contributed by atoms with Gasteiger partial charge in [-0.2, -0.15) is 0 Å². The van der Waals surface area contributed by atoms with Crippen LogP contribution in [0.1, 0.15) is 57.9 Å². The first kappa shape index (κ1) is 13.7. The quantitative estimate of drug-likeness (QED) is 0.658. The normalized spacial score (nSPS) is 22.0. The summed E-state index contributed by atoms with van der Waals surface area (Å²) < 4.78 is 7.30.